The molecule has 1 saturated carbocycles. The predicted octanol–water partition coefficient (Wildman–Crippen LogP) is 2.77. The third-order valence-corrected chi connectivity index (χ3v) is 3.64. The number of nitrogens with zero attached hydrogens (tertiary/aromatic N) is 1. The van der Waals surface area contributed by atoms with E-state index in [1.807, 2.05) is 0 Å². The van der Waals surface area contributed by atoms with Crippen molar-refractivity contribution in [1.82, 2.24) is 5.32 Å². The minimum atomic E-state index is -0.244. The van der Waals surface area contributed by atoms with Gasteiger partial charge in [0.05, 0.1) is 24.7 Å². The van der Waals surface area contributed by atoms with Crippen molar-refractivity contribution in [3.8, 4) is 11.8 Å². The van der Waals surface area contributed by atoms with Crippen LogP contribution >= 0.6 is 11.6 Å². The summed E-state index contributed by atoms with van der Waals surface area (Å²) in [7, 11) is 1.51. The molecule has 1 aromatic rings. The average molecular weight is 279 g/mol. The lowest BCUT2D eigenvalue weighted by Gasteiger charge is -2.16. The fourth-order valence-corrected chi connectivity index (χ4v) is 2.56. The van der Waals surface area contributed by atoms with Crippen molar-refractivity contribution < 1.29 is 9.53 Å². The number of benzene rings is 1. The van der Waals surface area contributed by atoms with E-state index in [4.69, 9.17) is 21.6 Å². The van der Waals surface area contributed by atoms with Crippen LogP contribution in [0.2, 0.25) is 5.02 Å². The van der Waals surface area contributed by atoms with Crippen molar-refractivity contribution in [3.05, 3.63) is 28.8 Å². The Hall–Kier alpha value is -1.73. The molecule has 1 aliphatic rings. The van der Waals surface area contributed by atoms with E-state index in [-0.39, 0.29) is 17.9 Å². The molecule has 0 heterocycles. The van der Waals surface area contributed by atoms with Gasteiger partial charge in [0.2, 0.25) is 0 Å². The molecular formula is C14H15ClN2O2. The summed E-state index contributed by atoms with van der Waals surface area (Å²) < 4.78 is 5.15. The van der Waals surface area contributed by atoms with Gasteiger partial charge in [-0.1, -0.05) is 11.6 Å². The second kappa shape index (κ2) is 5.94. The number of hydrogen-bond acceptors (Lipinski definition) is 3. The summed E-state index contributed by atoms with van der Waals surface area (Å²) in [6, 6.07) is 7.06. The maximum atomic E-state index is 12.2. The number of methoxy groups -OCH3 is 1. The molecule has 1 aliphatic carbocycles. The van der Waals surface area contributed by atoms with Gasteiger partial charge < -0.3 is 10.1 Å². The summed E-state index contributed by atoms with van der Waals surface area (Å²) in [4.78, 5) is 12.2. The van der Waals surface area contributed by atoms with Crippen molar-refractivity contribution >= 4 is 17.5 Å². The van der Waals surface area contributed by atoms with Gasteiger partial charge in [-0.25, -0.2) is 0 Å². The number of rotatable bonds is 3. The molecule has 0 spiro atoms. The van der Waals surface area contributed by atoms with Gasteiger partial charge in [-0.05, 0) is 37.5 Å². The second-order valence-electron chi connectivity index (χ2n) is 4.59. The first-order valence-corrected chi connectivity index (χ1v) is 6.57. The molecule has 2 unspecified atom stereocenters. The predicted molar refractivity (Wildman–Crippen MR) is 72.2 cm³/mol. The third kappa shape index (κ3) is 2.99. The normalized spacial score (nSPS) is 21.7. The van der Waals surface area contributed by atoms with Crippen LogP contribution in [0.25, 0.3) is 0 Å². The molecule has 0 saturated heterocycles. The van der Waals surface area contributed by atoms with Crippen LogP contribution in [0.15, 0.2) is 18.2 Å². The van der Waals surface area contributed by atoms with Gasteiger partial charge in [-0.3, -0.25) is 4.79 Å². The minimum absolute atomic E-state index is 0.0822. The molecule has 1 amide bonds. The van der Waals surface area contributed by atoms with Gasteiger partial charge in [0.25, 0.3) is 5.91 Å². The molecule has 1 N–H and O–H groups in total. The van der Waals surface area contributed by atoms with E-state index < -0.39 is 0 Å². The van der Waals surface area contributed by atoms with Crippen LogP contribution in [0, 0.1) is 17.2 Å². The molecule has 1 fully saturated rings. The zero-order chi connectivity index (χ0) is 13.8. The zero-order valence-electron chi connectivity index (χ0n) is 10.6. The van der Waals surface area contributed by atoms with Crippen LogP contribution in [-0.2, 0) is 0 Å². The van der Waals surface area contributed by atoms with Crippen LogP contribution < -0.4 is 10.1 Å². The number of halogens is 1. The van der Waals surface area contributed by atoms with Crippen molar-refractivity contribution in [2.24, 2.45) is 5.92 Å². The quantitative estimate of drug-likeness (QED) is 0.925. The number of nitrogens with one attached hydrogen (secondary N) is 1. The first-order chi connectivity index (χ1) is 9.15. The summed E-state index contributed by atoms with van der Waals surface area (Å²) in [5, 5.41) is 12.4. The van der Waals surface area contributed by atoms with E-state index in [2.05, 4.69) is 11.4 Å². The highest BCUT2D eigenvalue weighted by Crippen LogP contribution is 2.27. The lowest BCUT2D eigenvalue weighted by Crippen LogP contribution is -2.37. The molecule has 0 radical (unpaired) electrons. The number of amides is 1. The average Bonchev–Trinajstić information content (AvgIpc) is 2.85. The Balaban J connectivity index is 2.16. The first-order valence-electron chi connectivity index (χ1n) is 6.19. The Morgan fingerprint density at radius 3 is 3.00 bits per heavy atom. The SMILES string of the molecule is COc1ccc(Cl)cc1C(=O)NC1CCCC1C#N. The summed E-state index contributed by atoms with van der Waals surface area (Å²) in [5.41, 5.74) is 0.401. The van der Waals surface area contributed by atoms with Gasteiger partial charge in [0.15, 0.2) is 0 Å². The van der Waals surface area contributed by atoms with Crippen LogP contribution in [0.5, 0.6) is 5.75 Å². The van der Waals surface area contributed by atoms with Gasteiger partial charge in [-0.15, -0.1) is 0 Å². The largest absolute Gasteiger partial charge is 0.496 e. The van der Waals surface area contributed by atoms with E-state index in [9.17, 15) is 4.79 Å². The van der Waals surface area contributed by atoms with Gasteiger partial charge >= 0.3 is 0 Å². The van der Waals surface area contributed by atoms with Crippen LogP contribution in [0.4, 0.5) is 0 Å². The molecule has 2 atom stereocenters. The molecule has 0 aliphatic heterocycles. The molecule has 0 aromatic heterocycles. The highest BCUT2D eigenvalue weighted by molar-refractivity contribution is 6.31. The van der Waals surface area contributed by atoms with Crippen molar-refractivity contribution in [2.45, 2.75) is 25.3 Å². The van der Waals surface area contributed by atoms with E-state index in [1.165, 1.54) is 7.11 Å². The Bertz CT molecular complexity index is 525. The molecule has 5 heteroatoms. The van der Waals surface area contributed by atoms with Gasteiger partial charge in [-0.2, -0.15) is 5.26 Å². The Labute approximate surface area is 117 Å². The molecule has 2 rings (SSSR count). The number of carbonyl (C=O) groups is 1. The first kappa shape index (κ1) is 13.7. The van der Waals surface area contributed by atoms with Gasteiger partial charge in [0.1, 0.15) is 5.75 Å². The highest BCUT2D eigenvalue weighted by Gasteiger charge is 2.29. The Kier molecular flexibility index (Phi) is 4.28. The fourth-order valence-electron chi connectivity index (χ4n) is 2.39. The molecular weight excluding hydrogens is 264 g/mol. The Morgan fingerprint density at radius 1 is 1.53 bits per heavy atom. The lowest BCUT2D eigenvalue weighted by atomic mass is 10.1. The molecule has 0 bridgehead atoms. The highest BCUT2D eigenvalue weighted by atomic mass is 35.5. The van der Waals surface area contributed by atoms with Crippen molar-refractivity contribution in [2.75, 3.05) is 7.11 Å². The number of carbonyl (C=O) groups excluding carboxylic acids is 1. The van der Waals surface area contributed by atoms with Crippen LogP contribution in [0.3, 0.4) is 0 Å². The van der Waals surface area contributed by atoms with Gasteiger partial charge in [0, 0.05) is 11.1 Å². The number of ether oxygens (including phenoxy) is 1. The maximum Gasteiger partial charge on any atom is 0.255 e. The van der Waals surface area contributed by atoms with E-state index in [0.717, 1.165) is 19.3 Å². The summed E-state index contributed by atoms with van der Waals surface area (Å²) >= 11 is 5.90. The van der Waals surface area contributed by atoms with Crippen LogP contribution in [0.1, 0.15) is 29.6 Å². The summed E-state index contributed by atoms with van der Waals surface area (Å²) in [6.45, 7) is 0. The minimum Gasteiger partial charge on any atom is -0.496 e. The number of nitriles is 1. The monoisotopic (exact) mass is 278 g/mol. The van der Waals surface area contributed by atoms with Crippen LogP contribution in [-0.4, -0.2) is 19.1 Å². The van der Waals surface area contributed by atoms with E-state index in [0.29, 0.717) is 16.3 Å². The summed E-state index contributed by atoms with van der Waals surface area (Å²) in [6.07, 6.45) is 2.65. The fraction of sp³-hybridized carbons (Fsp3) is 0.429. The topological polar surface area (TPSA) is 62.1 Å². The molecule has 100 valence electrons. The smallest absolute Gasteiger partial charge is 0.255 e. The van der Waals surface area contributed by atoms with Crippen molar-refractivity contribution in [1.29, 1.82) is 5.26 Å². The molecule has 1 aromatic carbocycles. The standard InChI is InChI=1S/C14H15ClN2O2/c1-19-13-6-5-10(15)7-11(13)14(18)17-12-4-2-3-9(12)8-16/h5-7,9,12H,2-4H2,1H3,(H,17,18). The summed E-state index contributed by atoms with van der Waals surface area (Å²) in [5.74, 6) is 0.133. The lowest BCUT2D eigenvalue weighted by molar-refractivity contribution is 0.0930. The Morgan fingerprint density at radius 2 is 2.32 bits per heavy atom. The van der Waals surface area contributed by atoms with E-state index in [1.54, 1.807) is 18.2 Å². The second-order valence-corrected chi connectivity index (χ2v) is 5.03. The van der Waals surface area contributed by atoms with Crippen molar-refractivity contribution in [3.63, 3.8) is 0 Å². The van der Waals surface area contributed by atoms with E-state index >= 15 is 0 Å². The maximum absolute atomic E-state index is 12.2. The zero-order valence-corrected chi connectivity index (χ0v) is 11.4. The third-order valence-electron chi connectivity index (χ3n) is 3.40. The number of hydrogen-bond donors (Lipinski definition) is 1. The molecule has 19 heavy (non-hydrogen) atoms. The molecule has 4 nitrogen and oxygen atoms in total.